The third-order valence-electron chi connectivity index (χ3n) is 3.63. The van der Waals surface area contributed by atoms with Gasteiger partial charge in [0.1, 0.15) is 17.5 Å². The molecule has 1 saturated heterocycles. The molecule has 2 heterocycles. The van der Waals surface area contributed by atoms with E-state index in [4.69, 9.17) is 0 Å². The minimum atomic E-state index is -2.91. The van der Waals surface area contributed by atoms with E-state index >= 15 is 0 Å². The predicted octanol–water partition coefficient (Wildman–Crippen LogP) is 1.54. The average molecular weight is 312 g/mol. The lowest BCUT2D eigenvalue weighted by atomic mass is 10.2. The fraction of sp³-hybridized carbons (Fsp3) is 0.714. The Kier molecular flexibility index (Phi) is 5.03. The molecule has 0 spiro atoms. The van der Waals surface area contributed by atoms with Gasteiger partial charge in [0.15, 0.2) is 9.84 Å². The van der Waals surface area contributed by atoms with E-state index in [-0.39, 0.29) is 11.5 Å². The van der Waals surface area contributed by atoms with Crippen LogP contribution in [0.2, 0.25) is 0 Å². The van der Waals surface area contributed by atoms with Crippen molar-refractivity contribution < 1.29 is 8.42 Å². The van der Waals surface area contributed by atoms with Crippen LogP contribution in [0, 0.1) is 13.8 Å². The highest BCUT2D eigenvalue weighted by Crippen LogP contribution is 2.24. The van der Waals surface area contributed by atoms with Crippen LogP contribution in [-0.4, -0.2) is 49.5 Å². The van der Waals surface area contributed by atoms with Crippen molar-refractivity contribution in [3.63, 3.8) is 0 Å². The molecule has 1 N–H and O–H groups in total. The van der Waals surface area contributed by atoms with E-state index in [1.165, 1.54) is 0 Å². The van der Waals surface area contributed by atoms with Crippen LogP contribution < -0.4 is 10.2 Å². The summed E-state index contributed by atoms with van der Waals surface area (Å²) in [5, 5.41) is 3.32. The van der Waals surface area contributed by atoms with Crippen molar-refractivity contribution in [2.45, 2.75) is 33.6 Å². The second-order valence-corrected chi connectivity index (χ2v) is 7.79. The van der Waals surface area contributed by atoms with Crippen LogP contribution in [0.1, 0.15) is 31.2 Å². The summed E-state index contributed by atoms with van der Waals surface area (Å²) in [6.07, 6.45) is 1.68. The van der Waals surface area contributed by atoms with Crippen LogP contribution in [0.5, 0.6) is 0 Å². The average Bonchev–Trinajstić information content (AvgIpc) is 2.60. The van der Waals surface area contributed by atoms with Crippen molar-refractivity contribution in [1.29, 1.82) is 0 Å². The molecule has 1 aromatic rings. The lowest BCUT2D eigenvalue weighted by molar-refractivity contribution is 0.597. The van der Waals surface area contributed by atoms with Crippen molar-refractivity contribution >= 4 is 21.5 Å². The number of hydrogen-bond donors (Lipinski definition) is 1. The van der Waals surface area contributed by atoms with E-state index in [1.807, 2.05) is 13.8 Å². The maximum atomic E-state index is 11.7. The first kappa shape index (κ1) is 16.0. The number of aryl methyl sites for hydroxylation is 1. The summed E-state index contributed by atoms with van der Waals surface area (Å²) in [5.41, 5.74) is 0.994. The van der Waals surface area contributed by atoms with Crippen LogP contribution >= 0.6 is 0 Å². The smallest absolute Gasteiger partial charge is 0.152 e. The Balaban J connectivity index is 2.28. The Morgan fingerprint density at radius 2 is 1.95 bits per heavy atom. The number of sulfone groups is 1. The quantitative estimate of drug-likeness (QED) is 0.909. The van der Waals surface area contributed by atoms with Crippen molar-refractivity contribution in [2.75, 3.05) is 41.4 Å². The second-order valence-electron chi connectivity index (χ2n) is 5.49. The maximum absolute atomic E-state index is 11.7. The zero-order valence-electron chi connectivity index (χ0n) is 13.0. The Labute approximate surface area is 126 Å². The van der Waals surface area contributed by atoms with E-state index in [0.29, 0.717) is 18.8 Å². The van der Waals surface area contributed by atoms with E-state index in [0.717, 1.165) is 36.7 Å². The van der Waals surface area contributed by atoms with Gasteiger partial charge in [-0.05, 0) is 26.7 Å². The van der Waals surface area contributed by atoms with Crippen LogP contribution in [0.15, 0.2) is 0 Å². The van der Waals surface area contributed by atoms with Gasteiger partial charge in [0.2, 0.25) is 0 Å². The zero-order chi connectivity index (χ0) is 15.5. The molecule has 118 valence electrons. The molecular formula is C14H24N4O2S. The standard InChI is InChI=1S/C14H24N4O2S/c1-4-6-15-13-11(2)14(17-12(3)16-13)18-7-5-9-21(19,20)10-8-18/h4-10H2,1-3H3,(H,15,16,17). The highest BCUT2D eigenvalue weighted by atomic mass is 32.2. The van der Waals surface area contributed by atoms with E-state index in [2.05, 4.69) is 27.1 Å². The summed E-state index contributed by atoms with van der Waals surface area (Å²) in [4.78, 5) is 11.1. The normalized spacial score (nSPS) is 18.3. The van der Waals surface area contributed by atoms with Gasteiger partial charge in [-0.25, -0.2) is 18.4 Å². The predicted molar refractivity (Wildman–Crippen MR) is 85.8 cm³/mol. The Morgan fingerprint density at radius 3 is 2.67 bits per heavy atom. The SMILES string of the molecule is CCCNc1nc(C)nc(N2CCCS(=O)(=O)CC2)c1C. The molecule has 21 heavy (non-hydrogen) atoms. The molecular weight excluding hydrogens is 288 g/mol. The Bertz CT molecular complexity index is 601. The van der Waals surface area contributed by atoms with Gasteiger partial charge < -0.3 is 10.2 Å². The number of nitrogens with zero attached hydrogens (tertiary/aromatic N) is 3. The van der Waals surface area contributed by atoms with Gasteiger partial charge in [0.25, 0.3) is 0 Å². The van der Waals surface area contributed by atoms with Gasteiger partial charge in [-0.2, -0.15) is 0 Å². The summed E-state index contributed by atoms with van der Waals surface area (Å²) < 4.78 is 23.5. The summed E-state index contributed by atoms with van der Waals surface area (Å²) in [5.74, 6) is 2.90. The monoisotopic (exact) mass is 312 g/mol. The lowest BCUT2D eigenvalue weighted by Crippen LogP contribution is -2.29. The summed E-state index contributed by atoms with van der Waals surface area (Å²) in [7, 11) is -2.91. The molecule has 7 heteroatoms. The number of anilines is 2. The van der Waals surface area contributed by atoms with Gasteiger partial charge in [-0.3, -0.25) is 0 Å². The number of rotatable bonds is 4. The van der Waals surface area contributed by atoms with E-state index in [9.17, 15) is 8.42 Å². The van der Waals surface area contributed by atoms with Crippen molar-refractivity contribution in [3.05, 3.63) is 11.4 Å². The minimum Gasteiger partial charge on any atom is -0.370 e. The molecule has 1 aliphatic rings. The van der Waals surface area contributed by atoms with E-state index < -0.39 is 9.84 Å². The first-order valence-corrected chi connectivity index (χ1v) is 9.29. The fourth-order valence-corrected chi connectivity index (χ4v) is 3.76. The highest BCUT2D eigenvalue weighted by molar-refractivity contribution is 7.91. The van der Waals surface area contributed by atoms with Crippen molar-refractivity contribution in [3.8, 4) is 0 Å². The largest absolute Gasteiger partial charge is 0.370 e. The van der Waals surface area contributed by atoms with E-state index in [1.54, 1.807) is 0 Å². The van der Waals surface area contributed by atoms with Gasteiger partial charge in [0.05, 0.1) is 11.5 Å². The van der Waals surface area contributed by atoms with Crippen molar-refractivity contribution in [1.82, 2.24) is 9.97 Å². The molecule has 2 rings (SSSR count). The zero-order valence-corrected chi connectivity index (χ0v) is 13.8. The molecule has 1 aromatic heterocycles. The number of hydrogen-bond acceptors (Lipinski definition) is 6. The molecule has 0 aromatic carbocycles. The molecule has 0 saturated carbocycles. The first-order valence-electron chi connectivity index (χ1n) is 7.47. The Morgan fingerprint density at radius 1 is 1.19 bits per heavy atom. The van der Waals surface area contributed by atoms with Crippen LogP contribution in [0.4, 0.5) is 11.6 Å². The van der Waals surface area contributed by atoms with Crippen LogP contribution in [0.3, 0.4) is 0 Å². The molecule has 0 amide bonds. The molecule has 0 aliphatic carbocycles. The molecule has 0 bridgehead atoms. The van der Waals surface area contributed by atoms with Gasteiger partial charge in [0, 0.05) is 25.2 Å². The molecule has 0 radical (unpaired) electrons. The van der Waals surface area contributed by atoms with Gasteiger partial charge >= 0.3 is 0 Å². The lowest BCUT2D eigenvalue weighted by Gasteiger charge is -2.24. The first-order chi connectivity index (χ1) is 9.93. The number of aromatic nitrogens is 2. The van der Waals surface area contributed by atoms with Crippen LogP contribution in [0.25, 0.3) is 0 Å². The molecule has 0 atom stereocenters. The number of nitrogens with one attached hydrogen (secondary N) is 1. The fourth-order valence-electron chi connectivity index (χ4n) is 2.49. The van der Waals surface area contributed by atoms with Gasteiger partial charge in [-0.15, -0.1) is 0 Å². The van der Waals surface area contributed by atoms with Gasteiger partial charge in [-0.1, -0.05) is 6.92 Å². The minimum absolute atomic E-state index is 0.202. The van der Waals surface area contributed by atoms with Crippen LogP contribution in [-0.2, 0) is 9.84 Å². The third-order valence-corrected chi connectivity index (χ3v) is 5.34. The molecule has 6 nitrogen and oxygen atoms in total. The second kappa shape index (κ2) is 6.60. The van der Waals surface area contributed by atoms with Crippen molar-refractivity contribution in [2.24, 2.45) is 0 Å². The third kappa shape index (κ3) is 4.06. The summed E-state index contributed by atoms with van der Waals surface area (Å²) >= 11 is 0. The maximum Gasteiger partial charge on any atom is 0.152 e. The molecule has 1 aliphatic heterocycles. The summed E-state index contributed by atoms with van der Waals surface area (Å²) in [6, 6.07) is 0. The molecule has 1 fully saturated rings. The molecule has 0 unspecified atom stereocenters. The Hall–Kier alpha value is -1.37. The topological polar surface area (TPSA) is 75.2 Å². The highest BCUT2D eigenvalue weighted by Gasteiger charge is 2.22. The summed E-state index contributed by atoms with van der Waals surface area (Å²) in [6.45, 7) is 8.07.